The van der Waals surface area contributed by atoms with Gasteiger partial charge in [0.05, 0.1) is 6.54 Å². The Morgan fingerprint density at radius 2 is 1.75 bits per heavy atom. The Morgan fingerprint density at radius 1 is 1.10 bits per heavy atom. The zero-order valence-corrected chi connectivity index (χ0v) is 12.7. The lowest BCUT2D eigenvalue weighted by atomic mass is 9.79. The SMILES string of the molecule is CC(C)C1(CN2CC(=O)NC3(CCCCC3)C2=O)CC1. The number of carbonyl (C=O) groups excluding carboxylic acids is 2. The van der Waals surface area contributed by atoms with Crippen LogP contribution >= 0.6 is 0 Å². The minimum absolute atomic E-state index is 0.0334. The zero-order chi connectivity index (χ0) is 14.4. The van der Waals surface area contributed by atoms with Crippen LogP contribution in [0.25, 0.3) is 0 Å². The van der Waals surface area contributed by atoms with Gasteiger partial charge < -0.3 is 10.2 Å². The summed E-state index contributed by atoms with van der Waals surface area (Å²) >= 11 is 0. The van der Waals surface area contributed by atoms with Gasteiger partial charge in [-0.25, -0.2) is 0 Å². The first kappa shape index (κ1) is 13.9. The molecule has 0 radical (unpaired) electrons. The van der Waals surface area contributed by atoms with Crippen LogP contribution in [0, 0.1) is 11.3 Å². The molecule has 1 spiro atoms. The molecule has 2 saturated carbocycles. The number of nitrogens with one attached hydrogen (secondary N) is 1. The second-order valence-electron chi connectivity index (χ2n) is 7.37. The molecule has 0 bridgehead atoms. The Bertz CT molecular complexity index is 420. The van der Waals surface area contributed by atoms with Crippen molar-refractivity contribution in [2.24, 2.45) is 11.3 Å². The van der Waals surface area contributed by atoms with Crippen LogP contribution in [0.15, 0.2) is 0 Å². The number of nitrogens with zero attached hydrogens (tertiary/aromatic N) is 1. The highest BCUT2D eigenvalue weighted by Crippen LogP contribution is 2.52. The number of amides is 2. The molecule has 0 aromatic rings. The summed E-state index contributed by atoms with van der Waals surface area (Å²) in [4.78, 5) is 26.8. The maximum absolute atomic E-state index is 12.9. The first-order valence-corrected chi connectivity index (χ1v) is 8.08. The van der Waals surface area contributed by atoms with Gasteiger partial charge in [-0.05, 0) is 37.0 Å². The van der Waals surface area contributed by atoms with Crippen molar-refractivity contribution >= 4 is 11.8 Å². The fourth-order valence-electron chi connectivity index (χ4n) is 3.99. The van der Waals surface area contributed by atoms with Crippen LogP contribution in [0.2, 0.25) is 0 Å². The van der Waals surface area contributed by atoms with Crippen LogP contribution in [0.5, 0.6) is 0 Å². The fraction of sp³-hybridized carbons (Fsp3) is 0.875. The molecule has 3 fully saturated rings. The molecule has 1 N–H and O–H groups in total. The van der Waals surface area contributed by atoms with E-state index in [4.69, 9.17) is 0 Å². The lowest BCUT2D eigenvalue weighted by molar-refractivity contribution is -0.152. The van der Waals surface area contributed by atoms with Crippen molar-refractivity contribution in [3.63, 3.8) is 0 Å². The van der Waals surface area contributed by atoms with E-state index >= 15 is 0 Å². The van der Waals surface area contributed by atoms with Gasteiger partial charge in [-0.15, -0.1) is 0 Å². The van der Waals surface area contributed by atoms with E-state index in [9.17, 15) is 9.59 Å². The second-order valence-corrected chi connectivity index (χ2v) is 7.37. The van der Waals surface area contributed by atoms with Gasteiger partial charge in [0, 0.05) is 6.54 Å². The van der Waals surface area contributed by atoms with Crippen molar-refractivity contribution in [2.75, 3.05) is 13.1 Å². The van der Waals surface area contributed by atoms with Gasteiger partial charge in [0.2, 0.25) is 11.8 Å². The topological polar surface area (TPSA) is 49.4 Å². The monoisotopic (exact) mass is 278 g/mol. The van der Waals surface area contributed by atoms with E-state index < -0.39 is 5.54 Å². The summed E-state index contributed by atoms with van der Waals surface area (Å²) in [5.74, 6) is 0.803. The smallest absolute Gasteiger partial charge is 0.248 e. The van der Waals surface area contributed by atoms with E-state index in [2.05, 4.69) is 19.2 Å². The normalized spacial score (nSPS) is 27.9. The van der Waals surface area contributed by atoms with Crippen molar-refractivity contribution in [3.05, 3.63) is 0 Å². The molecule has 112 valence electrons. The Balaban J connectivity index is 1.77. The molecule has 2 amide bonds. The maximum atomic E-state index is 12.9. The zero-order valence-electron chi connectivity index (χ0n) is 12.7. The van der Waals surface area contributed by atoms with Crippen LogP contribution in [-0.4, -0.2) is 35.3 Å². The first-order valence-electron chi connectivity index (χ1n) is 8.08. The quantitative estimate of drug-likeness (QED) is 0.859. The molecule has 4 heteroatoms. The van der Waals surface area contributed by atoms with Crippen LogP contribution < -0.4 is 5.32 Å². The number of rotatable bonds is 3. The van der Waals surface area contributed by atoms with E-state index in [-0.39, 0.29) is 23.8 Å². The van der Waals surface area contributed by atoms with Crippen LogP contribution in [0.1, 0.15) is 58.8 Å². The van der Waals surface area contributed by atoms with Crippen LogP contribution in [0.4, 0.5) is 0 Å². The van der Waals surface area contributed by atoms with Crippen molar-refractivity contribution in [3.8, 4) is 0 Å². The second kappa shape index (κ2) is 4.74. The van der Waals surface area contributed by atoms with Gasteiger partial charge in [-0.1, -0.05) is 33.1 Å². The molecule has 0 aromatic carbocycles. The average Bonchev–Trinajstić information content (AvgIpc) is 3.18. The largest absolute Gasteiger partial charge is 0.340 e. The van der Waals surface area contributed by atoms with Crippen molar-refractivity contribution in [1.82, 2.24) is 10.2 Å². The number of hydrogen-bond acceptors (Lipinski definition) is 2. The number of hydrogen-bond donors (Lipinski definition) is 1. The summed E-state index contributed by atoms with van der Waals surface area (Å²) < 4.78 is 0. The molecule has 0 aromatic heterocycles. The summed E-state index contributed by atoms with van der Waals surface area (Å²) in [6.07, 6.45) is 7.32. The van der Waals surface area contributed by atoms with Crippen molar-refractivity contribution < 1.29 is 9.59 Å². The third-order valence-electron chi connectivity index (χ3n) is 5.74. The third kappa shape index (κ3) is 2.23. The number of carbonyl (C=O) groups is 2. The van der Waals surface area contributed by atoms with Gasteiger partial charge in [-0.2, -0.15) is 0 Å². The predicted octanol–water partition coefficient (Wildman–Crippen LogP) is 2.08. The molecular weight excluding hydrogens is 252 g/mol. The molecule has 1 heterocycles. The van der Waals surface area contributed by atoms with E-state index in [1.807, 2.05) is 4.90 Å². The van der Waals surface area contributed by atoms with Gasteiger partial charge in [0.25, 0.3) is 0 Å². The van der Waals surface area contributed by atoms with Gasteiger partial charge in [0.1, 0.15) is 5.54 Å². The Kier molecular flexibility index (Phi) is 3.30. The van der Waals surface area contributed by atoms with Crippen LogP contribution in [-0.2, 0) is 9.59 Å². The lowest BCUT2D eigenvalue weighted by Crippen LogP contribution is -2.67. The van der Waals surface area contributed by atoms with Crippen molar-refractivity contribution in [1.29, 1.82) is 0 Å². The van der Waals surface area contributed by atoms with Gasteiger partial charge in [-0.3, -0.25) is 9.59 Å². The summed E-state index contributed by atoms with van der Waals surface area (Å²) in [6, 6.07) is 0. The molecule has 0 atom stereocenters. The highest BCUT2D eigenvalue weighted by Gasteiger charge is 2.52. The van der Waals surface area contributed by atoms with E-state index in [0.717, 1.165) is 32.2 Å². The van der Waals surface area contributed by atoms with E-state index in [1.165, 1.54) is 19.3 Å². The lowest BCUT2D eigenvalue weighted by Gasteiger charge is -2.45. The van der Waals surface area contributed by atoms with Gasteiger partial charge in [0.15, 0.2) is 0 Å². The summed E-state index contributed by atoms with van der Waals surface area (Å²) in [5, 5.41) is 3.02. The maximum Gasteiger partial charge on any atom is 0.248 e. The standard InChI is InChI=1S/C16H26N2O2/c1-12(2)15(8-9-15)11-18-10-13(19)17-16(14(18)20)6-4-3-5-7-16/h12H,3-11H2,1-2H3,(H,17,19). The molecule has 1 saturated heterocycles. The minimum Gasteiger partial charge on any atom is -0.340 e. The molecule has 4 nitrogen and oxygen atoms in total. The molecule has 20 heavy (non-hydrogen) atoms. The van der Waals surface area contributed by atoms with E-state index in [1.54, 1.807) is 0 Å². The van der Waals surface area contributed by atoms with Crippen LogP contribution in [0.3, 0.4) is 0 Å². The molecular formula is C16H26N2O2. The molecule has 1 aliphatic heterocycles. The Morgan fingerprint density at radius 3 is 2.30 bits per heavy atom. The number of piperazine rings is 1. The Labute approximate surface area is 121 Å². The summed E-state index contributed by atoms with van der Waals surface area (Å²) in [6.45, 7) is 5.50. The van der Waals surface area contributed by atoms with E-state index in [0.29, 0.717) is 5.92 Å². The molecule has 3 rings (SSSR count). The first-order chi connectivity index (χ1) is 9.47. The third-order valence-corrected chi connectivity index (χ3v) is 5.74. The average molecular weight is 278 g/mol. The molecule has 2 aliphatic carbocycles. The highest BCUT2D eigenvalue weighted by molar-refractivity contribution is 5.98. The van der Waals surface area contributed by atoms with Gasteiger partial charge >= 0.3 is 0 Å². The molecule has 0 unspecified atom stereocenters. The summed E-state index contributed by atoms with van der Waals surface area (Å²) in [5.41, 5.74) is -0.288. The minimum atomic E-state index is -0.569. The predicted molar refractivity (Wildman–Crippen MR) is 77.0 cm³/mol. The fourth-order valence-corrected chi connectivity index (χ4v) is 3.99. The Hall–Kier alpha value is -1.06. The van der Waals surface area contributed by atoms with Crippen molar-refractivity contribution in [2.45, 2.75) is 64.3 Å². The summed E-state index contributed by atoms with van der Waals surface area (Å²) in [7, 11) is 0. The highest BCUT2D eigenvalue weighted by atomic mass is 16.2. The molecule has 3 aliphatic rings.